The van der Waals surface area contributed by atoms with Crippen molar-refractivity contribution in [2.75, 3.05) is 0 Å². The van der Waals surface area contributed by atoms with Gasteiger partial charge in [-0.15, -0.1) is 0 Å². The molecule has 0 saturated heterocycles. The number of hydrogen-bond acceptors (Lipinski definition) is 3. The molecule has 4 nitrogen and oxygen atoms in total. The van der Waals surface area contributed by atoms with Crippen molar-refractivity contribution in [3.05, 3.63) is 52.1 Å². The van der Waals surface area contributed by atoms with Crippen LogP contribution in [0.25, 0.3) is 0 Å². The van der Waals surface area contributed by atoms with Crippen LogP contribution in [0.2, 0.25) is 0 Å². The standard InChI is InChI=1S/C11H8BrFN2O2/c12-10-2-1-7(13)5-9(10)11(16)14-6-8-3-4-15-17-8/h1-5H,6H2,(H,14,16). The van der Waals surface area contributed by atoms with Crippen LogP contribution in [0.15, 0.2) is 39.5 Å². The van der Waals surface area contributed by atoms with Gasteiger partial charge in [0, 0.05) is 10.5 Å². The Labute approximate surface area is 105 Å². The van der Waals surface area contributed by atoms with Gasteiger partial charge in [0.1, 0.15) is 5.82 Å². The highest BCUT2D eigenvalue weighted by atomic mass is 79.9. The molecule has 1 heterocycles. The van der Waals surface area contributed by atoms with E-state index in [0.29, 0.717) is 10.2 Å². The average Bonchev–Trinajstić information content (AvgIpc) is 2.82. The van der Waals surface area contributed by atoms with E-state index in [-0.39, 0.29) is 18.0 Å². The van der Waals surface area contributed by atoms with Crippen molar-refractivity contribution in [1.82, 2.24) is 10.5 Å². The second-order valence-corrected chi connectivity index (χ2v) is 4.14. The quantitative estimate of drug-likeness (QED) is 0.947. The molecule has 17 heavy (non-hydrogen) atoms. The summed E-state index contributed by atoms with van der Waals surface area (Å²) in [5.41, 5.74) is 0.240. The van der Waals surface area contributed by atoms with Crippen LogP contribution in [0.3, 0.4) is 0 Å². The molecule has 1 aromatic heterocycles. The first-order valence-electron chi connectivity index (χ1n) is 4.79. The lowest BCUT2D eigenvalue weighted by atomic mass is 10.2. The molecule has 1 amide bonds. The van der Waals surface area contributed by atoms with Crippen molar-refractivity contribution in [2.45, 2.75) is 6.54 Å². The van der Waals surface area contributed by atoms with Crippen molar-refractivity contribution in [3.8, 4) is 0 Å². The molecule has 1 N–H and O–H groups in total. The molecule has 6 heteroatoms. The Bertz CT molecular complexity index is 528. The number of nitrogens with one attached hydrogen (secondary N) is 1. The molecule has 2 aromatic rings. The second kappa shape index (κ2) is 5.09. The van der Waals surface area contributed by atoms with Crippen LogP contribution in [0.1, 0.15) is 16.1 Å². The zero-order valence-corrected chi connectivity index (χ0v) is 10.2. The summed E-state index contributed by atoms with van der Waals surface area (Å²) < 4.78 is 18.4. The molecular weight excluding hydrogens is 291 g/mol. The largest absolute Gasteiger partial charge is 0.360 e. The Hall–Kier alpha value is -1.69. The van der Waals surface area contributed by atoms with Crippen molar-refractivity contribution in [2.24, 2.45) is 0 Å². The van der Waals surface area contributed by atoms with Crippen LogP contribution in [0, 0.1) is 5.82 Å². The number of rotatable bonds is 3. The maximum Gasteiger partial charge on any atom is 0.252 e. The molecule has 0 bridgehead atoms. The Balaban J connectivity index is 2.07. The van der Waals surface area contributed by atoms with Crippen LogP contribution in [0.5, 0.6) is 0 Å². The third-order valence-corrected chi connectivity index (χ3v) is 2.78. The molecular formula is C11H8BrFN2O2. The molecule has 2 rings (SSSR count). The summed E-state index contributed by atoms with van der Waals surface area (Å²) in [6, 6.07) is 5.57. The van der Waals surface area contributed by atoms with Gasteiger partial charge in [-0.1, -0.05) is 5.16 Å². The smallest absolute Gasteiger partial charge is 0.252 e. The van der Waals surface area contributed by atoms with E-state index < -0.39 is 5.82 Å². The van der Waals surface area contributed by atoms with Gasteiger partial charge in [-0.2, -0.15) is 0 Å². The highest BCUT2D eigenvalue weighted by Crippen LogP contribution is 2.17. The van der Waals surface area contributed by atoms with Gasteiger partial charge in [-0.25, -0.2) is 4.39 Å². The molecule has 0 aliphatic carbocycles. The third kappa shape index (κ3) is 2.91. The van der Waals surface area contributed by atoms with E-state index in [0.717, 1.165) is 0 Å². The third-order valence-electron chi connectivity index (χ3n) is 2.09. The van der Waals surface area contributed by atoms with Crippen LogP contribution in [-0.4, -0.2) is 11.1 Å². The van der Waals surface area contributed by atoms with Gasteiger partial charge in [0.25, 0.3) is 5.91 Å². The number of amides is 1. The second-order valence-electron chi connectivity index (χ2n) is 3.29. The Kier molecular flexibility index (Phi) is 3.53. The topological polar surface area (TPSA) is 55.1 Å². The summed E-state index contributed by atoms with van der Waals surface area (Å²) in [6.07, 6.45) is 1.49. The zero-order chi connectivity index (χ0) is 12.3. The maximum atomic E-state index is 13.0. The van der Waals surface area contributed by atoms with Crippen molar-refractivity contribution in [3.63, 3.8) is 0 Å². The van der Waals surface area contributed by atoms with Crippen molar-refractivity contribution >= 4 is 21.8 Å². The van der Waals surface area contributed by atoms with E-state index >= 15 is 0 Å². The van der Waals surface area contributed by atoms with Gasteiger partial charge in [0.2, 0.25) is 0 Å². The lowest BCUT2D eigenvalue weighted by Crippen LogP contribution is -2.23. The van der Waals surface area contributed by atoms with Crippen LogP contribution in [-0.2, 0) is 6.54 Å². The van der Waals surface area contributed by atoms with Gasteiger partial charge in [-0.3, -0.25) is 4.79 Å². The number of carbonyl (C=O) groups excluding carboxylic acids is 1. The first kappa shape index (κ1) is 11.8. The molecule has 0 radical (unpaired) electrons. The summed E-state index contributed by atoms with van der Waals surface area (Å²) in [5.74, 6) is -0.309. The average molecular weight is 299 g/mol. The molecule has 0 aliphatic rings. The summed E-state index contributed by atoms with van der Waals surface area (Å²) in [4.78, 5) is 11.7. The fourth-order valence-electron chi connectivity index (χ4n) is 1.27. The zero-order valence-electron chi connectivity index (χ0n) is 8.61. The SMILES string of the molecule is O=C(NCc1ccno1)c1cc(F)ccc1Br. The lowest BCUT2D eigenvalue weighted by molar-refractivity contribution is 0.0946. The molecule has 1 aromatic carbocycles. The fraction of sp³-hybridized carbons (Fsp3) is 0.0909. The molecule has 0 saturated carbocycles. The number of hydrogen-bond donors (Lipinski definition) is 1. The van der Waals surface area contributed by atoms with E-state index in [9.17, 15) is 9.18 Å². The minimum Gasteiger partial charge on any atom is -0.360 e. The van der Waals surface area contributed by atoms with E-state index in [4.69, 9.17) is 4.52 Å². The fourth-order valence-corrected chi connectivity index (χ4v) is 1.69. The first-order valence-corrected chi connectivity index (χ1v) is 5.59. The van der Waals surface area contributed by atoms with Gasteiger partial charge in [0.05, 0.1) is 18.3 Å². The Morgan fingerprint density at radius 1 is 1.47 bits per heavy atom. The van der Waals surface area contributed by atoms with Gasteiger partial charge < -0.3 is 9.84 Å². The van der Waals surface area contributed by atoms with Crippen LogP contribution < -0.4 is 5.32 Å². The summed E-state index contributed by atoms with van der Waals surface area (Å²) >= 11 is 3.19. The monoisotopic (exact) mass is 298 g/mol. The maximum absolute atomic E-state index is 13.0. The Morgan fingerprint density at radius 2 is 2.29 bits per heavy atom. The first-order chi connectivity index (χ1) is 8.16. The summed E-state index contributed by atoms with van der Waals surface area (Å²) in [6.45, 7) is 0.210. The molecule has 88 valence electrons. The highest BCUT2D eigenvalue weighted by molar-refractivity contribution is 9.10. The molecule has 0 spiro atoms. The van der Waals surface area contributed by atoms with E-state index in [2.05, 4.69) is 26.4 Å². The molecule has 0 aliphatic heterocycles. The number of aromatic nitrogens is 1. The van der Waals surface area contributed by atoms with Crippen molar-refractivity contribution in [1.29, 1.82) is 0 Å². The number of nitrogens with zero attached hydrogens (tertiary/aromatic N) is 1. The van der Waals surface area contributed by atoms with E-state index in [1.807, 2.05) is 0 Å². The lowest BCUT2D eigenvalue weighted by Gasteiger charge is -2.05. The van der Waals surface area contributed by atoms with Gasteiger partial charge in [0.15, 0.2) is 5.76 Å². The van der Waals surface area contributed by atoms with Crippen LogP contribution >= 0.6 is 15.9 Å². The van der Waals surface area contributed by atoms with E-state index in [1.54, 1.807) is 6.07 Å². The normalized spacial score (nSPS) is 10.2. The highest BCUT2D eigenvalue weighted by Gasteiger charge is 2.11. The number of carbonyl (C=O) groups is 1. The van der Waals surface area contributed by atoms with Gasteiger partial charge >= 0.3 is 0 Å². The molecule has 0 fully saturated rings. The molecule has 0 unspecified atom stereocenters. The van der Waals surface area contributed by atoms with Crippen LogP contribution in [0.4, 0.5) is 4.39 Å². The predicted molar refractivity (Wildman–Crippen MR) is 61.8 cm³/mol. The number of halogens is 2. The predicted octanol–water partition coefficient (Wildman–Crippen LogP) is 2.51. The van der Waals surface area contributed by atoms with Crippen molar-refractivity contribution < 1.29 is 13.7 Å². The summed E-state index contributed by atoms with van der Waals surface area (Å²) in [7, 11) is 0. The number of benzene rings is 1. The molecule has 0 atom stereocenters. The van der Waals surface area contributed by atoms with E-state index in [1.165, 1.54) is 24.4 Å². The Morgan fingerprint density at radius 3 is 3.00 bits per heavy atom. The minimum absolute atomic E-state index is 0.210. The summed E-state index contributed by atoms with van der Waals surface area (Å²) in [5, 5.41) is 6.11. The van der Waals surface area contributed by atoms with Gasteiger partial charge in [-0.05, 0) is 34.1 Å². The minimum atomic E-state index is -0.460.